The Labute approximate surface area is 108 Å². The van der Waals surface area contributed by atoms with Gasteiger partial charge in [-0.05, 0) is 19.5 Å². The molecule has 1 amide bonds. The van der Waals surface area contributed by atoms with Crippen LogP contribution in [0.15, 0.2) is 30.3 Å². The van der Waals surface area contributed by atoms with Crippen LogP contribution in [0.25, 0.3) is 0 Å². The normalized spacial score (nSPS) is 13.4. The molecule has 5 heteroatoms. The molecule has 0 aliphatic carbocycles. The molecule has 0 bridgehead atoms. The molecule has 0 heterocycles. The zero-order chi connectivity index (χ0) is 12.0. The van der Waals surface area contributed by atoms with Crippen LogP contribution in [0.1, 0.15) is 18.6 Å². The van der Waals surface area contributed by atoms with Gasteiger partial charge in [0.05, 0.1) is 0 Å². The summed E-state index contributed by atoms with van der Waals surface area (Å²) in [6.07, 6.45) is -1.09. The van der Waals surface area contributed by atoms with Gasteiger partial charge in [0.25, 0.3) is 5.91 Å². The van der Waals surface area contributed by atoms with Gasteiger partial charge in [0.1, 0.15) is 0 Å². The van der Waals surface area contributed by atoms with E-state index in [1.807, 2.05) is 20.0 Å². The van der Waals surface area contributed by atoms with Gasteiger partial charge in [-0.15, -0.1) is 12.4 Å². The molecule has 17 heavy (non-hydrogen) atoms. The Morgan fingerprint density at radius 2 is 1.94 bits per heavy atom. The molecule has 4 nitrogen and oxygen atoms in total. The molecule has 2 unspecified atom stereocenters. The lowest BCUT2D eigenvalue weighted by atomic mass is 10.1. The van der Waals surface area contributed by atoms with E-state index in [0.717, 1.165) is 0 Å². The average molecular weight is 259 g/mol. The third kappa shape index (κ3) is 5.17. The molecule has 1 aromatic carbocycles. The monoisotopic (exact) mass is 258 g/mol. The molecule has 3 N–H and O–H groups in total. The van der Waals surface area contributed by atoms with Crippen LogP contribution in [0.4, 0.5) is 0 Å². The summed E-state index contributed by atoms with van der Waals surface area (Å²) in [6.45, 7) is 2.45. The number of likely N-dealkylation sites (N-methyl/N-ethyl adjacent to an activating group) is 1. The van der Waals surface area contributed by atoms with Crippen LogP contribution in [0.2, 0.25) is 0 Å². The van der Waals surface area contributed by atoms with Crippen LogP contribution in [-0.2, 0) is 4.79 Å². The number of aliphatic hydroxyl groups is 1. The second-order valence-corrected chi connectivity index (χ2v) is 3.75. The Kier molecular flexibility index (Phi) is 7.54. The summed E-state index contributed by atoms with van der Waals surface area (Å²) < 4.78 is 0. The van der Waals surface area contributed by atoms with E-state index in [-0.39, 0.29) is 24.4 Å². The molecule has 0 saturated carbocycles. The number of hydrogen-bond donors (Lipinski definition) is 3. The van der Waals surface area contributed by atoms with Crippen molar-refractivity contribution in [3.8, 4) is 0 Å². The van der Waals surface area contributed by atoms with E-state index in [9.17, 15) is 9.90 Å². The summed E-state index contributed by atoms with van der Waals surface area (Å²) in [5.41, 5.74) is 0.608. The lowest BCUT2D eigenvalue weighted by Gasteiger charge is -2.14. The first-order valence-corrected chi connectivity index (χ1v) is 5.33. The molecule has 2 atom stereocenters. The van der Waals surface area contributed by atoms with Crippen molar-refractivity contribution in [2.24, 2.45) is 0 Å². The lowest BCUT2D eigenvalue weighted by molar-refractivity contribution is -0.129. The van der Waals surface area contributed by atoms with Gasteiger partial charge in [0.15, 0.2) is 6.10 Å². The van der Waals surface area contributed by atoms with Crippen molar-refractivity contribution in [1.82, 2.24) is 10.6 Å². The largest absolute Gasteiger partial charge is 0.378 e. The van der Waals surface area contributed by atoms with Gasteiger partial charge in [0.2, 0.25) is 0 Å². The lowest BCUT2D eigenvalue weighted by Crippen LogP contribution is -2.39. The van der Waals surface area contributed by atoms with Gasteiger partial charge in [-0.25, -0.2) is 0 Å². The summed E-state index contributed by atoms with van der Waals surface area (Å²) in [5.74, 6) is -0.367. The van der Waals surface area contributed by atoms with E-state index in [2.05, 4.69) is 10.6 Å². The molecule has 1 rings (SSSR count). The van der Waals surface area contributed by atoms with Gasteiger partial charge in [-0.1, -0.05) is 30.3 Å². The summed E-state index contributed by atoms with van der Waals surface area (Å²) in [5, 5.41) is 15.4. The van der Waals surface area contributed by atoms with Crippen LogP contribution < -0.4 is 10.6 Å². The molecule has 0 aliphatic heterocycles. The Morgan fingerprint density at radius 3 is 2.47 bits per heavy atom. The van der Waals surface area contributed by atoms with Gasteiger partial charge >= 0.3 is 0 Å². The number of nitrogens with one attached hydrogen (secondary N) is 2. The number of aliphatic hydroxyl groups excluding tert-OH is 1. The highest BCUT2D eigenvalue weighted by atomic mass is 35.5. The number of carbonyl (C=O) groups is 1. The van der Waals surface area contributed by atoms with Crippen molar-refractivity contribution in [2.45, 2.75) is 19.1 Å². The van der Waals surface area contributed by atoms with E-state index < -0.39 is 6.10 Å². The summed E-state index contributed by atoms with van der Waals surface area (Å²) in [4.78, 5) is 11.6. The third-order valence-electron chi connectivity index (χ3n) is 2.44. The van der Waals surface area contributed by atoms with Crippen LogP contribution in [-0.4, -0.2) is 30.6 Å². The fraction of sp³-hybridized carbons (Fsp3) is 0.417. The molecular formula is C12H19ClN2O2. The zero-order valence-electron chi connectivity index (χ0n) is 10.0. The number of rotatable bonds is 5. The SMILES string of the molecule is CNC(C)CNC(=O)C(O)c1ccccc1.Cl. The van der Waals surface area contributed by atoms with E-state index in [1.54, 1.807) is 24.3 Å². The minimum atomic E-state index is -1.09. The van der Waals surface area contributed by atoms with Gasteiger partial charge in [-0.2, -0.15) is 0 Å². The Morgan fingerprint density at radius 1 is 1.35 bits per heavy atom. The first-order chi connectivity index (χ1) is 7.65. The van der Waals surface area contributed by atoms with Crippen LogP contribution >= 0.6 is 12.4 Å². The third-order valence-corrected chi connectivity index (χ3v) is 2.44. The standard InChI is InChI=1S/C12H18N2O2.ClH/c1-9(13-2)8-14-12(16)11(15)10-6-4-3-5-7-10;/h3-7,9,11,13,15H,8H2,1-2H3,(H,14,16);1H. The highest BCUT2D eigenvalue weighted by Gasteiger charge is 2.16. The first-order valence-electron chi connectivity index (χ1n) is 5.33. The fourth-order valence-electron chi connectivity index (χ4n) is 1.24. The van der Waals surface area contributed by atoms with Crippen LogP contribution in [0.5, 0.6) is 0 Å². The van der Waals surface area contributed by atoms with Crippen molar-refractivity contribution < 1.29 is 9.90 Å². The number of hydrogen-bond acceptors (Lipinski definition) is 3. The molecule has 0 fully saturated rings. The predicted octanol–water partition coefficient (Wildman–Crippen LogP) is 0.866. The highest BCUT2D eigenvalue weighted by molar-refractivity contribution is 5.85. The number of amides is 1. The molecule has 0 aromatic heterocycles. The van der Waals surface area contributed by atoms with Gasteiger partial charge in [-0.3, -0.25) is 4.79 Å². The maximum Gasteiger partial charge on any atom is 0.253 e. The fourth-order valence-corrected chi connectivity index (χ4v) is 1.24. The van der Waals surface area contributed by atoms with E-state index >= 15 is 0 Å². The summed E-state index contributed by atoms with van der Waals surface area (Å²) in [6, 6.07) is 9.07. The zero-order valence-corrected chi connectivity index (χ0v) is 10.8. The van der Waals surface area contributed by atoms with Gasteiger partial charge < -0.3 is 15.7 Å². The summed E-state index contributed by atoms with van der Waals surface area (Å²) in [7, 11) is 1.82. The maximum atomic E-state index is 11.6. The Bertz CT molecular complexity index is 333. The van der Waals surface area contributed by atoms with Crippen molar-refractivity contribution in [3.05, 3.63) is 35.9 Å². The van der Waals surface area contributed by atoms with Crippen molar-refractivity contribution in [1.29, 1.82) is 0 Å². The number of halogens is 1. The predicted molar refractivity (Wildman–Crippen MR) is 70.2 cm³/mol. The Hall–Kier alpha value is -1.10. The summed E-state index contributed by atoms with van der Waals surface area (Å²) >= 11 is 0. The number of carbonyl (C=O) groups excluding carboxylic acids is 1. The molecule has 0 aliphatic rings. The maximum absolute atomic E-state index is 11.6. The van der Waals surface area contributed by atoms with Gasteiger partial charge in [0, 0.05) is 12.6 Å². The van der Waals surface area contributed by atoms with Crippen molar-refractivity contribution in [2.75, 3.05) is 13.6 Å². The van der Waals surface area contributed by atoms with E-state index in [4.69, 9.17) is 0 Å². The topological polar surface area (TPSA) is 61.4 Å². The van der Waals surface area contributed by atoms with Crippen LogP contribution in [0.3, 0.4) is 0 Å². The Balaban J connectivity index is 0.00000256. The molecular weight excluding hydrogens is 240 g/mol. The molecule has 0 spiro atoms. The second-order valence-electron chi connectivity index (χ2n) is 3.75. The highest BCUT2D eigenvalue weighted by Crippen LogP contribution is 2.11. The molecule has 0 radical (unpaired) electrons. The minimum Gasteiger partial charge on any atom is -0.378 e. The van der Waals surface area contributed by atoms with E-state index in [1.165, 1.54) is 0 Å². The quantitative estimate of drug-likeness (QED) is 0.734. The molecule has 96 valence electrons. The first kappa shape index (κ1) is 15.9. The van der Waals surface area contributed by atoms with E-state index in [0.29, 0.717) is 12.1 Å². The minimum absolute atomic E-state index is 0. The number of benzene rings is 1. The smallest absolute Gasteiger partial charge is 0.253 e. The van der Waals surface area contributed by atoms with Crippen LogP contribution in [0, 0.1) is 0 Å². The molecule has 0 saturated heterocycles. The van der Waals surface area contributed by atoms with Crippen molar-refractivity contribution >= 4 is 18.3 Å². The second kappa shape index (κ2) is 8.06. The van der Waals surface area contributed by atoms with Crippen molar-refractivity contribution in [3.63, 3.8) is 0 Å². The average Bonchev–Trinajstić information content (AvgIpc) is 2.35. The molecule has 1 aromatic rings.